The Morgan fingerprint density at radius 3 is 3.00 bits per heavy atom. The van der Waals surface area contributed by atoms with Crippen molar-refractivity contribution < 1.29 is 19.1 Å². The van der Waals surface area contributed by atoms with E-state index in [4.69, 9.17) is 14.3 Å². The van der Waals surface area contributed by atoms with Crippen molar-refractivity contribution in [2.24, 2.45) is 0 Å². The highest BCUT2D eigenvalue weighted by molar-refractivity contribution is 5.89. The van der Waals surface area contributed by atoms with E-state index in [2.05, 4.69) is 0 Å². The highest BCUT2D eigenvalue weighted by Crippen LogP contribution is 2.29. The number of fused-ring (bicyclic) bond motifs is 1. The second-order valence-electron chi connectivity index (χ2n) is 3.17. The molecule has 0 unspecified atom stereocenters. The molecule has 1 aromatic heterocycles. The lowest BCUT2D eigenvalue weighted by Crippen LogP contribution is -1.98. The van der Waals surface area contributed by atoms with Gasteiger partial charge in [0, 0.05) is 10.9 Å². The predicted octanol–water partition coefficient (Wildman–Crippen LogP) is 2.07. The van der Waals surface area contributed by atoms with Crippen LogP contribution in [0.4, 0.5) is 0 Å². The lowest BCUT2D eigenvalue weighted by atomic mass is 10.1. The van der Waals surface area contributed by atoms with Crippen LogP contribution >= 0.6 is 0 Å². The van der Waals surface area contributed by atoms with Gasteiger partial charge in [-0.3, -0.25) is 4.79 Å². The fraction of sp³-hybridized carbons (Fsp3) is 0.182. The average Bonchev–Trinajstić information content (AvgIpc) is 2.61. The van der Waals surface area contributed by atoms with E-state index >= 15 is 0 Å². The number of rotatable bonds is 3. The molecular formula is C11H10O4. The summed E-state index contributed by atoms with van der Waals surface area (Å²) in [6.07, 6.45) is 1.42. The number of benzene rings is 1. The van der Waals surface area contributed by atoms with Crippen molar-refractivity contribution >= 4 is 16.9 Å². The molecule has 1 N–H and O–H groups in total. The van der Waals surface area contributed by atoms with E-state index in [0.717, 1.165) is 5.39 Å². The van der Waals surface area contributed by atoms with Crippen LogP contribution in [0.3, 0.4) is 0 Å². The molecule has 0 aliphatic rings. The molecule has 1 aromatic carbocycles. The minimum absolute atomic E-state index is 0.0415. The van der Waals surface area contributed by atoms with Crippen LogP contribution in [0.15, 0.2) is 28.9 Å². The SMILES string of the molecule is COc1cccc2c(CC(=O)O)coc12. The summed E-state index contributed by atoms with van der Waals surface area (Å²) in [4.78, 5) is 10.6. The van der Waals surface area contributed by atoms with Crippen LogP contribution in [-0.4, -0.2) is 18.2 Å². The van der Waals surface area contributed by atoms with Gasteiger partial charge in [-0.25, -0.2) is 0 Å². The molecule has 15 heavy (non-hydrogen) atoms. The zero-order valence-corrected chi connectivity index (χ0v) is 8.19. The molecule has 0 aliphatic heterocycles. The van der Waals surface area contributed by atoms with Crippen LogP contribution in [0.5, 0.6) is 5.75 Å². The Balaban J connectivity index is 2.55. The highest BCUT2D eigenvalue weighted by atomic mass is 16.5. The molecular weight excluding hydrogens is 196 g/mol. The van der Waals surface area contributed by atoms with E-state index in [1.807, 2.05) is 12.1 Å². The van der Waals surface area contributed by atoms with Crippen molar-refractivity contribution in [3.05, 3.63) is 30.0 Å². The molecule has 4 nitrogen and oxygen atoms in total. The monoisotopic (exact) mass is 206 g/mol. The maximum Gasteiger partial charge on any atom is 0.307 e. The van der Waals surface area contributed by atoms with Crippen molar-refractivity contribution in [3.8, 4) is 5.75 Å². The first-order valence-corrected chi connectivity index (χ1v) is 4.47. The van der Waals surface area contributed by atoms with Gasteiger partial charge in [-0.15, -0.1) is 0 Å². The number of hydrogen-bond donors (Lipinski definition) is 1. The van der Waals surface area contributed by atoms with Gasteiger partial charge in [-0.2, -0.15) is 0 Å². The van der Waals surface area contributed by atoms with Gasteiger partial charge < -0.3 is 14.3 Å². The van der Waals surface area contributed by atoms with Gasteiger partial charge in [-0.1, -0.05) is 12.1 Å². The lowest BCUT2D eigenvalue weighted by molar-refractivity contribution is -0.136. The van der Waals surface area contributed by atoms with Gasteiger partial charge >= 0.3 is 5.97 Å². The van der Waals surface area contributed by atoms with Crippen LogP contribution in [0.25, 0.3) is 11.0 Å². The summed E-state index contributed by atoms with van der Waals surface area (Å²) < 4.78 is 10.4. The summed E-state index contributed by atoms with van der Waals surface area (Å²) in [6, 6.07) is 5.40. The molecule has 0 atom stereocenters. The fourth-order valence-corrected chi connectivity index (χ4v) is 1.54. The lowest BCUT2D eigenvalue weighted by Gasteiger charge is -1.99. The normalized spacial score (nSPS) is 10.5. The van der Waals surface area contributed by atoms with Crippen molar-refractivity contribution in [2.45, 2.75) is 6.42 Å². The molecule has 1 heterocycles. The highest BCUT2D eigenvalue weighted by Gasteiger charge is 2.12. The van der Waals surface area contributed by atoms with Crippen molar-refractivity contribution in [1.82, 2.24) is 0 Å². The maximum atomic E-state index is 10.6. The molecule has 0 saturated heterocycles. The third kappa shape index (κ3) is 1.66. The van der Waals surface area contributed by atoms with Gasteiger partial charge in [0.2, 0.25) is 0 Å². The number of carbonyl (C=O) groups is 1. The number of methoxy groups -OCH3 is 1. The second kappa shape index (κ2) is 3.65. The summed E-state index contributed by atoms with van der Waals surface area (Å²) in [7, 11) is 1.55. The summed E-state index contributed by atoms with van der Waals surface area (Å²) in [6.45, 7) is 0. The number of furan rings is 1. The zero-order chi connectivity index (χ0) is 10.8. The number of ether oxygens (including phenoxy) is 1. The Morgan fingerprint density at radius 2 is 2.33 bits per heavy atom. The smallest absolute Gasteiger partial charge is 0.307 e. The molecule has 2 aromatic rings. The molecule has 0 aliphatic carbocycles. The van der Waals surface area contributed by atoms with Gasteiger partial charge in [-0.05, 0) is 6.07 Å². The molecule has 0 radical (unpaired) electrons. The van der Waals surface area contributed by atoms with Crippen LogP contribution < -0.4 is 4.74 Å². The van der Waals surface area contributed by atoms with E-state index in [9.17, 15) is 4.79 Å². The number of hydrogen-bond acceptors (Lipinski definition) is 3. The Morgan fingerprint density at radius 1 is 1.53 bits per heavy atom. The number of para-hydroxylation sites is 1. The van der Waals surface area contributed by atoms with Crippen molar-refractivity contribution in [2.75, 3.05) is 7.11 Å². The number of aliphatic carboxylic acids is 1. The number of carboxylic acid groups (broad SMARTS) is 1. The third-order valence-electron chi connectivity index (χ3n) is 2.21. The summed E-state index contributed by atoms with van der Waals surface area (Å²) in [5.41, 5.74) is 1.26. The minimum atomic E-state index is -0.875. The van der Waals surface area contributed by atoms with Gasteiger partial charge in [0.05, 0.1) is 19.8 Å². The number of carboxylic acids is 1. The summed E-state index contributed by atoms with van der Waals surface area (Å²) in [5.74, 6) is -0.260. The largest absolute Gasteiger partial charge is 0.493 e. The molecule has 0 amide bonds. The van der Waals surface area contributed by atoms with Crippen molar-refractivity contribution in [3.63, 3.8) is 0 Å². The first-order chi connectivity index (χ1) is 7.22. The van der Waals surface area contributed by atoms with Crippen LogP contribution in [0.1, 0.15) is 5.56 Å². The molecule has 2 rings (SSSR count). The minimum Gasteiger partial charge on any atom is -0.493 e. The van der Waals surface area contributed by atoms with E-state index in [-0.39, 0.29) is 6.42 Å². The second-order valence-corrected chi connectivity index (χ2v) is 3.17. The van der Waals surface area contributed by atoms with E-state index in [0.29, 0.717) is 16.9 Å². The first kappa shape index (κ1) is 9.58. The van der Waals surface area contributed by atoms with Crippen LogP contribution in [0.2, 0.25) is 0 Å². The Bertz CT molecular complexity index is 498. The molecule has 0 bridgehead atoms. The standard InChI is InChI=1S/C11H10O4/c1-14-9-4-2-3-8-7(5-10(12)13)6-15-11(8)9/h2-4,6H,5H2,1H3,(H,12,13). The Hall–Kier alpha value is -1.97. The summed E-state index contributed by atoms with van der Waals surface area (Å²) >= 11 is 0. The molecule has 4 heteroatoms. The first-order valence-electron chi connectivity index (χ1n) is 4.47. The Labute approximate surface area is 86.1 Å². The fourth-order valence-electron chi connectivity index (χ4n) is 1.54. The Kier molecular flexibility index (Phi) is 2.33. The van der Waals surface area contributed by atoms with Gasteiger partial charge in [0.1, 0.15) is 0 Å². The molecule has 78 valence electrons. The molecule has 0 spiro atoms. The van der Waals surface area contributed by atoms with Crippen molar-refractivity contribution in [1.29, 1.82) is 0 Å². The van der Waals surface area contributed by atoms with Crippen LogP contribution in [0, 0.1) is 0 Å². The quantitative estimate of drug-likeness (QED) is 0.835. The van der Waals surface area contributed by atoms with E-state index in [1.165, 1.54) is 6.26 Å². The van der Waals surface area contributed by atoms with Crippen LogP contribution in [-0.2, 0) is 11.2 Å². The van der Waals surface area contributed by atoms with E-state index < -0.39 is 5.97 Å². The average molecular weight is 206 g/mol. The third-order valence-corrected chi connectivity index (χ3v) is 2.21. The zero-order valence-electron chi connectivity index (χ0n) is 8.19. The topological polar surface area (TPSA) is 59.7 Å². The van der Waals surface area contributed by atoms with Gasteiger partial charge in [0.15, 0.2) is 11.3 Å². The maximum absolute atomic E-state index is 10.6. The summed E-state index contributed by atoms with van der Waals surface area (Å²) in [5, 5.41) is 9.49. The molecule has 0 fully saturated rings. The molecule has 0 saturated carbocycles. The predicted molar refractivity (Wildman–Crippen MR) is 54.1 cm³/mol. The van der Waals surface area contributed by atoms with Gasteiger partial charge in [0.25, 0.3) is 0 Å². The van der Waals surface area contributed by atoms with E-state index in [1.54, 1.807) is 13.2 Å².